The van der Waals surface area contributed by atoms with Crippen LogP contribution < -0.4 is 0 Å². The number of ether oxygens (including phenoxy) is 2. The zero-order valence-electron chi connectivity index (χ0n) is 18.3. The molecule has 0 aromatic heterocycles. The van der Waals surface area contributed by atoms with E-state index in [0.29, 0.717) is 11.5 Å². The van der Waals surface area contributed by atoms with E-state index < -0.39 is 20.0 Å². The van der Waals surface area contributed by atoms with Crippen molar-refractivity contribution >= 4 is 8.32 Å². The first-order chi connectivity index (χ1) is 12.3. The fourth-order valence-electron chi connectivity index (χ4n) is 2.88. The predicted octanol–water partition coefficient (Wildman–Crippen LogP) is 5.34. The molecule has 0 saturated carbocycles. The van der Waals surface area contributed by atoms with E-state index >= 15 is 0 Å². The van der Waals surface area contributed by atoms with Crippen LogP contribution in [0.25, 0.3) is 0 Å². The number of aliphatic hydroxyl groups is 1. The second-order valence-electron chi connectivity index (χ2n) is 9.42. The van der Waals surface area contributed by atoms with Gasteiger partial charge in [-0.05, 0) is 51.4 Å². The molecule has 27 heavy (non-hydrogen) atoms. The van der Waals surface area contributed by atoms with E-state index in [9.17, 15) is 5.11 Å². The second-order valence-corrected chi connectivity index (χ2v) is 14.2. The summed E-state index contributed by atoms with van der Waals surface area (Å²) in [5.74, 6) is 1.09. The Balaban J connectivity index is 2.56. The average Bonchev–Trinajstić information content (AvgIpc) is 2.55. The molecule has 1 aromatic carbocycles. The third kappa shape index (κ3) is 4.25. The van der Waals surface area contributed by atoms with Crippen molar-refractivity contribution in [3.8, 4) is 0 Å². The van der Waals surface area contributed by atoms with Gasteiger partial charge in [0.15, 0.2) is 25.4 Å². The molecule has 0 heterocycles. The maximum atomic E-state index is 11.8. The largest absolute Gasteiger partial charge is 0.489 e. The highest BCUT2D eigenvalue weighted by molar-refractivity contribution is 6.74. The van der Waals surface area contributed by atoms with Crippen molar-refractivity contribution in [1.82, 2.24) is 0 Å². The maximum absolute atomic E-state index is 11.8. The number of benzene rings is 1. The Labute approximate surface area is 165 Å². The Morgan fingerprint density at radius 2 is 1.48 bits per heavy atom. The summed E-state index contributed by atoms with van der Waals surface area (Å²) in [7, 11) is -2.15. The van der Waals surface area contributed by atoms with Crippen molar-refractivity contribution in [2.45, 2.75) is 90.5 Å². The van der Waals surface area contributed by atoms with Gasteiger partial charge in [0.25, 0.3) is 0 Å². The maximum Gasteiger partial charge on any atom is 0.193 e. The Bertz CT molecular complexity index is 673. The fraction of sp³-hybridized carbons (Fsp3) is 0.636. The molecule has 1 aliphatic rings. The van der Waals surface area contributed by atoms with Gasteiger partial charge < -0.3 is 19.0 Å². The first-order valence-electron chi connectivity index (χ1n) is 9.84. The minimum atomic E-state index is -2.15. The van der Waals surface area contributed by atoms with Crippen molar-refractivity contribution in [2.75, 3.05) is 0 Å². The van der Waals surface area contributed by atoms with Gasteiger partial charge in [0, 0.05) is 0 Å². The number of hydrogen-bond donors (Lipinski definition) is 1. The van der Waals surface area contributed by atoms with E-state index in [0.717, 1.165) is 5.56 Å². The Morgan fingerprint density at radius 1 is 0.963 bits per heavy atom. The van der Waals surface area contributed by atoms with E-state index in [-0.39, 0.29) is 17.2 Å². The molecule has 4 nitrogen and oxygen atoms in total. The first-order valence-corrected chi connectivity index (χ1v) is 12.7. The van der Waals surface area contributed by atoms with Crippen molar-refractivity contribution < 1.29 is 19.0 Å². The van der Waals surface area contributed by atoms with Gasteiger partial charge in [-0.1, -0.05) is 51.1 Å². The van der Waals surface area contributed by atoms with Crippen LogP contribution in [-0.2, 0) is 19.5 Å². The topological polar surface area (TPSA) is 47.9 Å². The average molecular weight is 393 g/mol. The highest BCUT2D eigenvalue weighted by Gasteiger charge is 2.61. The van der Waals surface area contributed by atoms with Crippen LogP contribution in [0, 0.1) is 0 Å². The molecule has 5 heteroatoms. The molecule has 0 aliphatic heterocycles. The van der Waals surface area contributed by atoms with Crippen LogP contribution in [0.1, 0.15) is 54.0 Å². The van der Waals surface area contributed by atoms with Crippen LogP contribution in [0.3, 0.4) is 0 Å². The van der Waals surface area contributed by atoms with Crippen LogP contribution in [0.4, 0.5) is 0 Å². The molecule has 1 aromatic rings. The van der Waals surface area contributed by atoms with Gasteiger partial charge in [0.1, 0.15) is 6.10 Å². The normalized spacial score (nSPS) is 23.6. The summed E-state index contributed by atoms with van der Waals surface area (Å²) in [4.78, 5) is 0. The van der Waals surface area contributed by atoms with Crippen LogP contribution in [0.2, 0.25) is 18.1 Å². The number of hydrogen-bond acceptors (Lipinski definition) is 4. The summed E-state index contributed by atoms with van der Waals surface area (Å²) in [6, 6.07) is 9.61. The van der Waals surface area contributed by atoms with Gasteiger partial charge >= 0.3 is 0 Å². The fourth-order valence-corrected chi connectivity index (χ4v) is 4.10. The number of rotatable bonds is 7. The zero-order chi connectivity index (χ0) is 20.6. The molecular weight excluding hydrogens is 356 g/mol. The van der Waals surface area contributed by atoms with Crippen LogP contribution in [0.5, 0.6) is 0 Å². The standard InChI is InChI=1S/C22H36O4Si/c1-15(2)24-18-19(25-16(3)4)22(23,17-13-11-10-12-14-17)20(18)26-27(8,9)21(5,6)7/h10-16,20,23H,1-9H3. The predicted molar refractivity (Wildman–Crippen MR) is 112 cm³/mol. The molecule has 2 unspecified atom stereocenters. The van der Waals surface area contributed by atoms with Crippen LogP contribution in [0.15, 0.2) is 41.9 Å². The molecule has 0 saturated heterocycles. The van der Waals surface area contributed by atoms with E-state index in [2.05, 4.69) is 33.9 Å². The van der Waals surface area contributed by atoms with Crippen molar-refractivity contribution in [3.63, 3.8) is 0 Å². The minimum absolute atomic E-state index is 0.0161. The lowest BCUT2D eigenvalue weighted by atomic mass is 9.75. The van der Waals surface area contributed by atoms with Gasteiger partial charge in [0.05, 0.1) is 12.2 Å². The molecule has 0 radical (unpaired) electrons. The summed E-state index contributed by atoms with van der Waals surface area (Å²) >= 11 is 0. The summed E-state index contributed by atoms with van der Waals surface area (Å²) in [5.41, 5.74) is -0.578. The van der Waals surface area contributed by atoms with Crippen LogP contribution >= 0.6 is 0 Å². The Morgan fingerprint density at radius 3 is 1.93 bits per heavy atom. The Hall–Kier alpha value is -1.30. The zero-order valence-corrected chi connectivity index (χ0v) is 19.3. The van der Waals surface area contributed by atoms with Gasteiger partial charge in [-0.15, -0.1) is 0 Å². The van der Waals surface area contributed by atoms with Crippen LogP contribution in [-0.4, -0.2) is 31.7 Å². The minimum Gasteiger partial charge on any atom is -0.489 e. The van der Waals surface area contributed by atoms with Crippen molar-refractivity contribution in [2.24, 2.45) is 0 Å². The molecule has 0 amide bonds. The summed E-state index contributed by atoms with van der Waals surface area (Å²) in [6.07, 6.45) is -0.677. The van der Waals surface area contributed by atoms with E-state index in [4.69, 9.17) is 13.9 Å². The van der Waals surface area contributed by atoms with Gasteiger partial charge in [0.2, 0.25) is 0 Å². The molecule has 0 bridgehead atoms. The van der Waals surface area contributed by atoms with Gasteiger partial charge in [-0.25, -0.2) is 0 Å². The highest BCUT2D eigenvalue weighted by atomic mass is 28.4. The van der Waals surface area contributed by atoms with Crippen molar-refractivity contribution in [3.05, 3.63) is 47.4 Å². The molecule has 0 spiro atoms. The lowest BCUT2D eigenvalue weighted by Gasteiger charge is -2.51. The lowest BCUT2D eigenvalue weighted by Crippen LogP contribution is -2.60. The summed E-state index contributed by atoms with van der Waals surface area (Å²) in [6.45, 7) is 18.8. The van der Waals surface area contributed by atoms with E-state index in [1.165, 1.54) is 0 Å². The molecule has 1 N–H and O–H groups in total. The van der Waals surface area contributed by atoms with Gasteiger partial charge in [-0.3, -0.25) is 0 Å². The molecule has 2 atom stereocenters. The monoisotopic (exact) mass is 392 g/mol. The third-order valence-corrected chi connectivity index (χ3v) is 9.77. The van der Waals surface area contributed by atoms with Crippen molar-refractivity contribution in [1.29, 1.82) is 0 Å². The molecule has 2 rings (SSSR count). The van der Waals surface area contributed by atoms with E-state index in [1.807, 2.05) is 58.0 Å². The highest BCUT2D eigenvalue weighted by Crippen LogP contribution is 2.52. The molecule has 0 fully saturated rings. The summed E-state index contributed by atoms with van der Waals surface area (Å²) < 4.78 is 18.8. The quantitative estimate of drug-likeness (QED) is 0.636. The molecular formula is C22H36O4Si. The summed E-state index contributed by atoms with van der Waals surface area (Å²) in [5, 5.41) is 11.8. The molecule has 1 aliphatic carbocycles. The smallest absolute Gasteiger partial charge is 0.193 e. The SMILES string of the molecule is CC(C)OC1=C(OC(C)C)C(O)(c2ccccc2)C1O[Si](C)(C)C(C)(C)C. The molecule has 152 valence electrons. The first kappa shape index (κ1) is 22.0. The second kappa shape index (κ2) is 7.61. The lowest BCUT2D eigenvalue weighted by molar-refractivity contribution is -0.146. The third-order valence-electron chi connectivity index (χ3n) is 5.34. The van der Waals surface area contributed by atoms with Gasteiger partial charge in [-0.2, -0.15) is 0 Å². The Kier molecular flexibility index (Phi) is 6.20. The van der Waals surface area contributed by atoms with E-state index in [1.54, 1.807) is 0 Å².